The predicted octanol–water partition coefficient (Wildman–Crippen LogP) is 2.56. The van der Waals surface area contributed by atoms with Gasteiger partial charge in [0, 0.05) is 6.04 Å². The van der Waals surface area contributed by atoms with Crippen LogP contribution in [0.1, 0.15) is 46.0 Å². The lowest BCUT2D eigenvalue weighted by atomic mass is 9.88. The van der Waals surface area contributed by atoms with Gasteiger partial charge in [-0.1, -0.05) is 26.7 Å². The minimum atomic E-state index is 0.820. The van der Waals surface area contributed by atoms with Gasteiger partial charge in [-0.3, -0.25) is 0 Å². The number of nitrogens with one attached hydrogen (secondary N) is 1. The van der Waals surface area contributed by atoms with Gasteiger partial charge in [0.2, 0.25) is 0 Å². The minimum Gasteiger partial charge on any atom is -0.314 e. The normalized spacial score (nSPS) is 32.2. The third-order valence-electron chi connectivity index (χ3n) is 2.79. The van der Waals surface area contributed by atoms with Crippen molar-refractivity contribution >= 4 is 0 Å². The van der Waals surface area contributed by atoms with Crippen molar-refractivity contribution in [2.75, 3.05) is 6.54 Å². The second kappa shape index (κ2) is 4.76. The van der Waals surface area contributed by atoms with Gasteiger partial charge in [-0.05, 0) is 31.7 Å². The van der Waals surface area contributed by atoms with Crippen molar-refractivity contribution in [2.45, 2.75) is 52.0 Å². The molecule has 0 aromatic carbocycles. The Labute approximate surface area is 70.6 Å². The van der Waals surface area contributed by atoms with Crippen molar-refractivity contribution in [3.63, 3.8) is 0 Å². The van der Waals surface area contributed by atoms with E-state index in [0.29, 0.717) is 0 Å². The predicted molar refractivity (Wildman–Crippen MR) is 49.7 cm³/mol. The summed E-state index contributed by atoms with van der Waals surface area (Å²) in [4.78, 5) is 0. The maximum Gasteiger partial charge on any atom is 0.00670 e. The molecule has 1 aliphatic heterocycles. The SMILES string of the molecule is CCCC1CCNC(CC)C1. The van der Waals surface area contributed by atoms with Gasteiger partial charge in [-0.2, -0.15) is 0 Å². The van der Waals surface area contributed by atoms with Crippen molar-refractivity contribution in [1.29, 1.82) is 0 Å². The first kappa shape index (κ1) is 9.05. The molecule has 0 aromatic rings. The van der Waals surface area contributed by atoms with Crippen LogP contribution in [0.3, 0.4) is 0 Å². The van der Waals surface area contributed by atoms with Gasteiger partial charge in [-0.15, -0.1) is 0 Å². The summed E-state index contributed by atoms with van der Waals surface area (Å²) in [5, 5.41) is 3.56. The molecule has 0 aromatic heterocycles. The van der Waals surface area contributed by atoms with E-state index in [1.807, 2.05) is 0 Å². The van der Waals surface area contributed by atoms with Crippen molar-refractivity contribution in [1.82, 2.24) is 5.32 Å². The Balaban J connectivity index is 2.21. The molecule has 66 valence electrons. The first-order chi connectivity index (χ1) is 5.36. The average molecular weight is 155 g/mol. The molecular weight excluding hydrogens is 134 g/mol. The van der Waals surface area contributed by atoms with Crippen LogP contribution in [0.2, 0.25) is 0 Å². The minimum absolute atomic E-state index is 0.820. The molecule has 2 atom stereocenters. The quantitative estimate of drug-likeness (QED) is 0.660. The summed E-state index contributed by atoms with van der Waals surface area (Å²) in [5.41, 5.74) is 0. The topological polar surface area (TPSA) is 12.0 Å². The summed E-state index contributed by atoms with van der Waals surface area (Å²) in [7, 11) is 0. The zero-order valence-electron chi connectivity index (χ0n) is 7.90. The fraction of sp³-hybridized carbons (Fsp3) is 1.00. The Morgan fingerprint density at radius 1 is 1.36 bits per heavy atom. The molecule has 1 nitrogen and oxygen atoms in total. The molecule has 0 radical (unpaired) electrons. The maximum atomic E-state index is 3.56. The smallest absolute Gasteiger partial charge is 0.00670 e. The van der Waals surface area contributed by atoms with E-state index in [4.69, 9.17) is 0 Å². The third kappa shape index (κ3) is 2.82. The van der Waals surface area contributed by atoms with Gasteiger partial charge in [-0.25, -0.2) is 0 Å². The molecule has 11 heavy (non-hydrogen) atoms. The van der Waals surface area contributed by atoms with Gasteiger partial charge < -0.3 is 5.32 Å². The van der Waals surface area contributed by atoms with Crippen molar-refractivity contribution in [3.05, 3.63) is 0 Å². The van der Waals surface area contributed by atoms with Gasteiger partial charge in [0.05, 0.1) is 0 Å². The molecule has 1 saturated heterocycles. The van der Waals surface area contributed by atoms with E-state index in [0.717, 1.165) is 12.0 Å². The molecule has 1 N–H and O–H groups in total. The summed E-state index contributed by atoms with van der Waals surface area (Å²) in [6.45, 7) is 5.83. The monoisotopic (exact) mass is 155 g/mol. The highest BCUT2D eigenvalue weighted by Gasteiger charge is 2.18. The summed E-state index contributed by atoms with van der Waals surface area (Å²) in [6.07, 6.45) is 6.94. The lowest BCUT2D eigenvalue weighted by Gasteiger charge is -2.29. The Morgan fingerprint density at radius 2 is 2.18 bits per heavy atom. The zero-order chi connectivity index (χ0) is 8.10. The molecule has 0 bridgehead atoms. The largest absolute Gasteiger partial charge is 0.314 e. The molecular formula is C10H21N. The standard InChI is InChI=1S/C10H21N/c1-3-5-9-6-7-11-10(4-2)8-9/h9-11H,3-8H2,1-2H3. The fourth-order valence-corrected chi connectivity index (χ4v) is 2.08. The fourth-order valence-electron chi connectivity index (χ4n) is 2.08. The van der Waals surface area contributed by atoms with Crippen molar-refractivity contribution in [3.8, 4) is 0 Å². The van der Waals surface area contributed by atoms with Crippen LogP contribution < -0.4 is 5.32 Å². The van der Waals surface area contributed by atoms with E-state index < -0.39 is 0 Å². The molecule has 1 rings (SSSR count). The summed E-state index contributed by atoms with van der Waals surface area (Å²) in [5.74, 6) is 1.02. The van der Waals surface area contributed by atoms with Crippen LogP contribution in [-0.2, 0) is 0 Å². The van der Waals surface area contributed by atoms with Gasteiger partial charge in [0.25, 0.3) is 0 Å². The van der Waals surface area contributed by atoms with Crippen LogP contribution in [0.15, 0.2) is 0 Å². The van der Waals surface area contributed by atoms with E-state index in [2.05, 4.69) is 19.2 Å². The van der Waals surface area contributed by atoms with Crippen LogP contribution in [0.4, 0.5) is 0 Å². The summed E-state index contributed by atoms with van der Waals surface area (Å²) >= 11 is 0. The molecule has 1 aliphatic rings. The van der Waals surface area contributed by atoms with Crippen LogP contribution in [0.25, 0.3) is 0 Å². The summed E-state index contributed by atoms with van der Waals surface area (Å²) < 4.78 is 0. The molecule has 1 fully saturated rings. The molecule has 1 heterocycles. The van der Waals surface area contributed by atoms with E-state index in [1.165, 1.54) is 38.6 Å². The molecule has 2 unspecified atom stereocenters. The number of hydrogen-bond donors (Lipinski definition) is 1. The van der Waals surface area contributed by atoms with Crippen LogP contribution in [-0.4, -0.2) is 12.6 Å². The summed E-state index contributed by atoms with van der Waals surface area (Å²) in [6, 6.07) is 0.820. The second-order valence-corrected chi connectivity index (χ2v) is 3.74. The second-order valence-electron chi connectivity index (χ2n) is 3.74. The number of hydrogen-bond acceptors (Lipinski definition) is 1. The van der Waals surface area contributed by atoms with Gasteiger partial charge >= 0.3 is 0 Å². The van der Waals surface area contributed by atoms with E-state index in [-0.39, 0.29) is 0 Å². The Hall–Kier alpha value is -0.0400. The van der Waals surface area contributed by atoms with E-state index in [9.17, 15) is 0 Å². The first-order valence-corrected chi connectivity index (χ1v) is 5.10. The first-order valence-electron chi connectivity index (χ1n) is 5.10. The van der Waals surface area contributed by atoms with Crippen LogP contribution in [0, 0.1) is 5.92 Å². The number of piperidine rings is 1. The Morgan fingerprint density at radius 3 is 2.82 bits per heavy atom. The maximum absolute atomic E-state index is 3.56. The van der Waals surface area contributed by atoms with Crippen molar-refractivity contribution in [2.24, 2.45) is 5.92 Å². The number of rotatable bonds is 3. The molecule has 0 amide bonds. The Bertz CT molecular complexity index is 99.0. The van der Waals surface area contributed by atoms with Crippen LogP contribution in [0.5, 0.6) is 0 Å². The van der Waals surface area contributed by atoms with Gasteiger partial charge in [0.1, 0.15) is 0 Å². The Kier molecular flexibility index (Phi) is 3.92. The average Bonchev–Trinajstić information content (AvgIpc) is 2.06. The highest BCUT2D eigenvalue weighted by molar-refractivity contribution is 4.76. The lowest BCUT2D eigenvalue weighted by molar-refractivity contribution is 0.282. The van der Waals surface area contributed by atoms with Crippen molar-refractivity contribution < 1.29 is 0 Å². The molecule has 0 aliphatic carbocycles. The third-order valence-corrected chi connectivity index (χ3v) is 2.79. The van der Waals surface area contributed by atoms with E-state index in [1.54, 1.807) is 0 Å². The van der Waals surface area contributed by atoms with E-state index >= 15 is 0 Å². The highest BCUT2D eigenvalue weighted by atomic mass is 14.9. The lowest BCUT2D eigenvalue weighted by Crippen LogP contribution is -2.37. The zero-order valence-corrected chi connectivity index (χ0v) is 7.90. The highest BCUT2D eigenvalue weighted by Crippen LogP contribution is 2.21. The molecule has 0 spiro atoms. The molecule has 1 heteroatoms. The van der Waals surface area contributed by atoms with Gasteiger partial charge in [0.15, 0.2) is 0 Å². The molecule has 0 saturated carbocycles. The van der Waals surface area contributed by atoms with Crippen LogP contribution >= 0.6 is 0 Å².